The van der Waals surface area contributed by atoms with E-state index in [1.165, 1.54) is 7.11 Å². The molecule has 1 aromatic rings. The molecule has 0 fully saturated rings. The van der Waals surface area contributed by atoms with Crippen LogP contribution < -0.4 is 5.30 Å². The molecule has 122 valence electrons. The van der Waals surface area contributed by atoms with Crippen molar-refractivity contribution in [3.63, 3.8) is 0 Å². The van der Waals surface area contributed by atoms with Crippen molar-refractivity contribution in [1.29, 1.82) is 0 Å². The van der Waals surface area contributed by atoms with Crippen LogP contribution in [0.25, 0.3) is 0 Å². The molecule has 22 heavy (non-hydrogen) atoms. The van der Waals surface area contributed by atoms with Crippen LogP contribution in [0.2, 0.25) is 0 Å². The van der Waals surface area contributed by atoms with E-state index in [-0.39, 0.29) is 36.5 Å². The summed E-state index contributed by atoms with van der Waals surface area (Å²) in [6.07, 6.45) is 1.23. The highest BCUT2D eigenvalue weighted by Crippen LogP contribution is 2.47. The molecule has 1 aromatic carbocycles. The monoisotopic (exact) mass is 328 g/mol. The highest BCUT2D eigenvalue weighted by molar-refractivity contribution is 7.62. The van der Waals surface area contributed by atoms with Gasteiger partial charge in [0.15, 0.2) is 6.29 Å². The lowest BCUT2D eigenvalue weighted by atomic mass is 10.1. The number of carbonyl (C=O) groups is 2. The second-order valence-corrected chi connectivity index (χ2v) is 6.41. The second kappa shape index (κ2) is 8.83. The Morgan fingerprint density at radius 2 is 1.86 bits per heavy atom. The van der Waals surface area contributed by atoms with Crippen LogP contribution in [0.4, 0.5) is 0 Å². The topological polar surface area (TPSA) is 78.9 Å². The summed E-state index contributed by atoms with van der Waals surface area (Å²) in [5.41, 5.74) is 1.01. The highest BCUT2D eigenvalue weighted by atomic mass is 31.2. The lowest BCUT2D eigenvalue weighted by molar-refractivity contribution is -0.140. The summed E-state index contributed by atoms with van der Waals surface area (Å²) in [5.74, 6) is -0.334. The van der Waals surface area contributed by atoms with Crippen molar-refractivity contribution in [2.45, 2.75) is 26.7 Å². The zero-order chi connectivity index (χ0) is 16.6. The maximum Gasteiger partial charge on any atom is 0.362 e. The third kappa shape index (κ3) is 4.77. The number of methoxy groups -OCH3 is 1. The zero-order valence-electron chi connectivity index (χ0n) is 13.0. The van der Waals surface area contributed by atoms with E-state index in [1.54, 1.807) is 32.0 Å². The van der Waals surface area contributed by atoms with Gasteiger partial charge in [0.05, 0.1) is 25.6 Å². The van der Waals surface area contributed by atoms with Crippen molar-refractivity contribution in [1.82, 2.24) is 0 Å². The number of rotatable bonds is 9. The molecule has 1 rings (SSSR count). The number of benzene rings is 1. The molecule has 0 aliphatic carbocycles. The molecule has 0 bridgehead atoms. The fraction of sp³-hybridized carbons (Fsp3) is 0.467. The van der Waals surface area contributed by atoms with Gasteiger partial charge < -0.3 is 13.8 Å². The number of aryl methyl sites for hydroxylation is 1. The van der Waals surface area contributed by atoms with Crippen LogP contribution in [0.15, 0.2) is 18.2 Å². The predicted molar refractivity (Wildman–Crippen MR) is 82.7 cm³/mol. The standard InChI is InChI=1S/C15H21O6P/c1-4-20-22(18,21-5-2)14-10-12(6-8-13(14)11-16)7-9-15(17)19-3/h6,8,10-11H,4-5,7,9H2,1-3H3. The Labute approximate surface area is 130 Å². The van der Waals surface area contributed by atoms with Gasteiger partial charge in [0.2, 0.25) is 0 Å². The maximum absolute atomic E-state index is 12.8. The fourth-order valence-electron chi connectivity index (χ4n) is 1.95. The van der Waals surface area contributed by atoms with Crippen LogP contribution >= 0.6 is 7.60 Å². The molecular formula is C15H21O6P. The summed E-state index contributed by atoms with van der Waals surface area (Å²) < 4.78 is 28.0. The third-order valence-electron chi connectivity index (χ3n) is 2.96. The highest BCUT2D eigenvalue weighted by Gasteiger charge is 2.29. The summed E-state index contributed by atoms with van der Waals surface area (Å²) >= 11 is 0. The predicted octanol–water partition coefficient (Wildman–Crippen LogP) is 2.50. The van der Waals surface area contributed by atoms with E-state index in [1.807, 2.05) is 0 Å². The van der Waals surface area contributed by atoms with Gasteiger partial charge >= 0.3 is 13.6 Å². The van der Waals surface area contributed by atoms with Gasteiger partial charge in [0.25, 0.3) is 0 Å². The number of hydrogen-bond acceptors (Lipinski definition) is 6. The van der Waals surface area contributed by atoms with E-state index in [0.29, 0.717) is 12.7 Å². The summed E-state index contributed by atoms with van der Waals surface area (Å²) in [7, 11) is -2.23. The Kier molecular flexibility index (Phi) is 7.45. The summed E-state index contributed by atoms with van der Waals surface area (Å²) in [6, 6.07) is 4.86. The molecule has 0 heterocycles. The molecule has 0 saturated carbocycles. The lowest BCUT2D eigenvalue weighted by Crippen LogP contribution is -2.16. The molecule has 7 heteroatoms. The van der Waals surface area contributed by atoms with Crippen LogP contribution in [0.3, 0.4) is 0 Å². The van der Waals surface area contributed by atoms with E-state index < -0.39 is 7.60 Å². The van der Waals surface area contributed by atoms with E-state index >= 15 is 0 Å². The second-order valence-electron chi connectivity index (χ2n) is 4.42. The normalized spacial score (nSPS) is 11.2. The largest absolute Gasteiger partial charge is 0.469 e. The molecule has 0 aliphatic rings. The maximum atomic E-state index is 12.8. The molecule has 0 saturated heterocycles. The average Bonchev–Trinajstić information content (AvgIpc) is 2.52. The van der Waals surface area contributed by atoms with Gasteiger partial charge in [-0.25, -0.2) is 0 Å². The molecule has 0 unspecified atom stereocenters. The van der Waals surface area contributed by atoms with E-state index in [2.05, 4.69) is 4.74 Å². The Bertz CT molecular complexity index is 559. The minimum absolute atomic E-state index is 0.196. The number of ether oxygens (including phenoxy) is 1. The molecular weight excluding hydrogens is 307 g/mol. The van der Waals surface area contributed by atoms with Gasteiger partial charge in [-0.1, -0.05) is 12.1 Å². The van der Waals surface area contributed by atoms with Gasteiger partial charge in [-0.15, -0.1) is 0 Å². The smallest absolute Gasteiger partial charge is 0.362 e. The number of aldehydes is 1. The minimum Gasteiger partial charge on any atom is -0.469 e. The van der Waals surface area contributed by atoms with Crippen LogP contribution in [0, 0.1) is 0 Å². The number of esters is 1. The molecule has 0 radical (unpaired) electrons. The van der Waals surface area contributed by atoms with E-state index in [0.717, 1.165) is 5.56 Å². The molecule has 0 aromatic heterocycles. The van der Waals surface area contributed by atoms with Gasteiger partial charge in [-0.3, -0.25) is 14.2 Å². The fourth-order valence-corrected chi connectivity index (χ4v) is 3.75. The van der Waals surface area contributed by atoms with Crippen LogP contribution in [0.5, 0.6) is 0 Å². The van der Waals surface area contributed by atoms with Gasteiger partial charge in [0.1, 0.15) is 0 Å². The minimum atomic E-state index is -3.55. The van der Waals surface area contributed by atoms with Gasteiger partial charge in [0, 0.05) is 12.0 Å². The van der Waals surface area contributed by atoms with Crippen LogP contribution in [-0.2, 0) is 29.6 Å². The molecule has 0 N–H and O–H groups in total. The SMILES string of the molecule is CCOP(=O)(OCC)c1cc(CCC(=O)OC)ccc1C=O. The molecule has 0 atom stereocenters. The first-order chi connectivity index (χ1) is 10.5. The zero-order valence-corrected chi connectivity index (χ0v) is 13.9. The van der Waals surface area contributed by atoms with E-state index in [9.17, 15) is 14.2 Å². The Morgan fingerprint density at radius 1 is 1.23 bits per heavy atom. The first-order valence-corrected chi connectivity index (χ1v) is 8.59. The molecule has 0 aliphatic heterocycles. The van der Waals surface area contributed by atoms with Crippen LogP contribution in [0.1, 0.15) is 36.2 Å². The summed E-state index contributed by atoms with van der Waals surface area (Å²) in [4.78, 5) is 22.4. The Hall–Kier alpha value is -1.49. The van der Waals surface area contributed by atoms with Crippen molar-refractivity contribution in [3.8, 4) is 0 Å². The van der Waals surface area contributed by atoms with Crippen molar-refractivity contribution in [3.05, 3.63) is 29.3 Å². The Balaban J connectivity index is 3.16. The quantitative estimate of drug-likeness (QED) is 0.394. The van der Waals surface area contributed by atoms with E-state index in [4.69, 9.17) is 9.05 Å². The first kappa shape index (κ1) is 18.6. The average molecular weight is 328 g/mol. The van der Waals surface area contributed by atoms with Crippen molar-refractivity contribution in [2.24, 2.45) is 0 Å². The van der Waals surface area contributed by atoms with Crippen LogP contribution in [-0.4, -0.2) is 32.6 Å². The van der Waals surface area contributed by atoms with Crippen molar-refractivity contribution in [2.75, 3.05) is 20.3 Å². The van der Waals surface area contributed by atoms with Gasteiger partial charge in [-0.05, 0) is 31.9 Å². The molecule has 0 spiro atoms. The van der Waals surface area contributed by atoms with Crippen molar-refractivity contribution >= 4 is 25.2 Å². The number of hydrogen-bond donors (Lipinski definition) is 0. The van der Waals surface area contributed by atoms with Crippen molar-refractivity contribution < 1.29 is 27.9 Å². The Morgan fingerprint density at radius 3 is 2.36 bits per heavy atom. The summed E-state index contributed by atoms with van der Waals surface area (Å²) in [6.45, 7) is 3.80. The number of carbonyl (C=O) groups excluding carboxylic acids is 2. The lowest BCUT2D eigenvalue weighted by Gasteiger charge is -2.19. The molecule has 0 amide bonds. The van der Waals surface area contributed by atoms with Gasteiger partial charge in [-0.2, -0.15) is 0 Å². The third-order valence-corrected chi connectivity index (χ3v) is 5.13. The molecule has 6 nitrogen and oxygen atoms in total. The first-order valence-electron chi connectivity index (χ1n) is 7.05. The summed E-state index contributed by atoms with van der Waals surface area (Å²) in [5, 5.41) is 0.230.